The van der Waals surface area contributed by atoms with E-state index in [2.05, 4.69) is 5.32 Å². The molecule has 0 saturated carbocycles. The number of alkyl halides is 3. The second kappa shape index (κ2) is 8.50. The fourth-order valence-corrected chi connectivity index (χ4v) is 4.48. The maximum atomic E-state index is 12.8. The summed E-state index contributed by atoms with van der Waals surface area (Å²) in [6.07, 6.45) is -4.58. The molecule has 1 amide bonds. The van der Waals surface area contributed by atoms with Gasteiger partial charge >= 0.3 is 6.18 Å². The molecule has 0 saturated heterocycles. The molecule has 0 bridgehead atoms. The van der Waals surface area contributed by atoms with Crippen LogP contribution in [0.25, 0.3) is 0 Å². The van der Waals surface area contributed by atoms with E-state index in [1.165, 1.54) is 28.6 Å². The highest BCUT2D eigenvalue weighted by atomic mass is 35.5. The van der Waals surface area contributed by atoms with Gasteiger partial charge in [-0.1, -0.05) is 31.5 Å². The quantitative estimate of drug-likeness (QED) is 0.720. The summed E-state index contributed by atoms with van der Waals surface area (Å²) in [7, 11) is -3.88. The number of benzene rings is 2. The number of hydrogen-bond acceptors (Lipinski definition) is 3. The van der Waals surface area contributed by atoms with Crippen molar-refractivity contribution < 1.29 is 26.4 Å². The highest BCUT2D eigenvalue weighted by molar-refractivity contribution is 7.89. The molecule has 0 spiro atoms. The molecular formula is C18H18ClF3N2O3S. The maximum Gasteiger partial charge on any atom is 0.416 e. The van der Waals surface area contributed by atoms with Crippen LogP contribution in [0.1, 0.15) is 29.8 Å². The Bertz CT molecular complexity index is 974. The van der Waals surface area contributed by atoms with Crippen LogP contribution in [0.2, 0.25) is 5.02 Å². The molecule has 0 fully saturated rings. The van der Waals surface area contributed by atoms with Gasteiger partial charge in [0.05, 0.1) is 10.6 Å². The Kier molecular flexibility index (Phi) is 6.74. The Morgan fingerprint density at radius 2 is 1.75 bits per heavy atom. The molecule has 0 aliphatic carbocycles. The van der Waals surface area contributed by atoms with Crippen LogP contribution in [0.4, 0.5) is 18.9 Å². The first kappa shape index (κ1) is 22.2. The van der Waals surface area contributed by atoms with Crippen molar-refractivity contribution in [2.75, 3.05) is 18.4 Å². The Hall–Kier alpha value is -2.10. The number of nitrogens with zero attached hydrogens (tertiary/aromatic N) is 1. The van der Waals surface area contributed by atoms with Crippen molar-refractivity contribution in [3.05, 3.63) is 58.6 Å². The SMILES string of the molecule is CCN(CC)S(=O)(=O)c1cc(NC(=O)c2cccc(C(F)(F)F)c2)ccc1Cl. The van der Waals surface area contributed by atoms with Gasteiger partial charge in [-0.3, -0.25) is 4.79 Å². The van der Waals surface area contributed by atoms with Gasteiger partial charge in [0, 0.05) is 24.3 Å². The third-order valence-corrected chi connectivity index (χ3v) is 6.50. The average molecular weight is 435 g/mol. The summed E-state index contributed by atoms with van der Waals surface area (Å²) in [5.74, 6) is -0.806. The lowest BCUT2D eigenvalue weighted by Gasteiger charge is -2.19. The second-order valence-electron chi connectivity index (χ2n) is 5.77. The lowest BCUT2D eigenvalue weighted by molar-refractivity contribution is -0.137. The van der Waals surface area contributed by atoms with Crippen molar-refractivity contribution in [1.29, 1.82) is 0 Å². The molecule has 2 aromatic carbocycles. The Morgan fingerprint density at radius 3 is 2.32 bits per heavy atom. The molecule has 0 aromatic heterocycles. The monoisotopic (exact) mass is 434 g/mol. The van der Waals surface area contributed by atoms with E-state index < -0.39 is 27.7 Å². The zero-order valence-electron chi connectivity index (χ0n) is 15.0. The fourth-order valence-electron chi connectivity index (χ4n) is 2.52. The first-order chi connectivity index (χ1) is 13.0. The van der Waals surface area contributed by atoms with E-state index >= 15 is 0 Å². The van der Waals surface area contributed by atoms with Crippen molar-refractivity contribution in [2.45, 2.75) is 24.9 Å². The van der Waals surface area contributed by atoms with Crippen LogP contribution in [0.15, 0.2) is 47.4 Å². The first-order valence-corrected chi connectivity index (χ1v) is 10.1. The van der Waals surface area contributed by atoms with Crippen molar-refractivity contribution in [3.63, 3.8) is 0 Å². The molecule has 0 aliphatic heterocycles. The van der Waals surface area contributed by atoms with E-state index in [-0.39, 0.29) is 34.3 Å². The van der Waals surface area contributed by atoms with Gasteiger partial charge in [0.2, 0.25) is 10.0 Å². The van der Waals surface area contributed by atoms with E-state index in [1.54, 1.807) is 13.8 Å². The lowest BCUT2D eigenvalue weighted by Crippen LogP contribution is -2.30. The van der Waals surface area contributed by atoms with Crippen LogP contribution in [-0.4, -0.2) is 31.7 Å². The van der Waals surface area contributed by atoms with E-state index in [1.807, 2.05) is 0 Å². The highest BCUT2D eigenvalue weighted by Gasteiger charge is 2.31. The van der Waals surface area contributed by atoms with Gasteiger partial charge in [-0.25, -0.2) is 8.42 Å². The van der Waals surface area contributed by atoms with Crippen LogP contribution in [0.5, 0.6) is 0 Å². The van der Waals surface area contributed by atoms with Crippen LogP contribution >= 0.6 is 11.6 Å². The Labute approximate surface area is 166 Å². The molecule has 28 heavy (non-hydrogen) atoms. The fraction of sp³-hybridized carbons (Fsp3) is 0.278. The summed E-state index contributed by atoms with van der Waals surface area (Å²) in [6.45, 7) is 3.81. The van der Waals surface area contributed by atoms with Gasteiger partial charge in [-0.05, 0) is 36.4 Å². The number of rotatable bonds is 6. The average Bonchev–Trinajstić information content (AvgIpc) is 2.63. The number of carbonyl (C=O) groups is 1. The van der Waals surface area contributed by atoms with E-state index in [9.17, 15) is 26.4 Å². The largest absolute Gasteiger partial charge is 0.416 e. The summed E-state index contributed by atoms with van der Waals surface area (Å²) >= 11 is 6.02. The van der Waals surface area contributed by atoms with Crippen molar-refractivity contribution in [2.24, 2.45) is 0 Å². The zero-order valence-corrected chi connectivity index (χ0v) is 16.6. The molecule has 2 rings (SSSR count). The van der Waals surface area contributed by atoms with Gasteiger partial charge in [0.1, 0.15) is 4.90 Å². The number of anilines is 1. The van der Waals surface area contributed by atoms with Crippen molar-refractivity contribution in [3.8, 4) is 0 Å². The van der Waals surface area contributed by atoms with Crippen molar-refractivity contribution in [1.82, 2.24) is 4.31 Å². The van der Waals surface area contributed by atoms with Gasteiger partial charge in [0.25, 0.3) is 5.91 Å². The molecular weight excluding hydrogens is 417 g/mol. The molecule has 5 nitrogen and oxygen atoms in total. The molecule has 10 heteroatoms. The third kappa shape index (κ3) is 4.84. The summed E-state index contributed by atoms with van der Waals surface area (Å²) in [5, 5.41) is 2.38. The molecule has 2 aromatic rings. The standard InChI is InChI=1S/C18H18ClF3N2O3S/c1-3-24(4-2)28(26,27)16-11-14(8-9-15(16)19)23-17(25)12-6-5-7-13(10-12)18(20,21)22/h5-11H,3-4H2,1-2H3,(H,23,25). The number of sulfonamides is 1. The van der Waals surface area contributed by atoms with Gasteiger partial charge in [-0.2, -0.15) is 17.5 Å². The van der Waals surface area contributed by atoms with Crippen LogP contribution in [0.3, 0.4) is 0 Å². The van der Waals surface area contributed by atoms with E-state index in [4.69, 9.17) is 11.6 Å². The lowest BCUT2D eigenvalue weighted by atomic mass is 10.1. The second-order valence-corrected chi connectivity index (χ2v) is 8.08. The van der Waals surface area contributed by atoms with Crippen molar-refractivity contribution >= 4 is 33.2 Å². The van der Waals surface area contributed by atoms with Crippen LogP contribution in [0, 0.1) is 0 Å². The summed E-state index contributed by atoms with van der Waals surface area (Å²) < 4.78 is 65.0. The smallest absolute Gasteiger partial charge is 0.322 e. The molecule has 0 atom stereocenters. The molecule has 1 N–H and O–H groups in total. The molecule has 0 radical (unpaired) electrons. The minimum atomic E-state index is -4.58. The first-order valence-electron chi connectivity index (χ1n) is 8.29. The van der Waals surface area contributed by atoms with Crippen LogP contribution in [-0.2, 0) is 16.2 Å². The highest BCUT2D eigenvalue weighted by Crippen LogP contribution is 2.30. The Morgan fingerprint density at radius 1 is 1.11 bits per heavy atom. The zero-order chi connectivity index (χ0) is 21.1. The van der Waals surface area contributed by atoms with Gasteiger partial charge in [-0.15, -0.1) is 0 Å². The minimum absolute atomic E-state index is 0.0241. The predicted octanol–water partition coefficient (Wildman–Crippen LogP) is 4.64. The molecule has 0 heterocycles. The molecule has 152 valence electrons. The topological polar surface area (TPSA) is 66.5 Å². The van der Waals surface area contributed by atoms with E-state index in [0.717, 1.165) is 18.2 Å². The number of carbonyl (C=O) groups excluding carboxylic acids is 1. The Balaban J connectivity index is 2.35. The maximum absolute atomic E-state index is 12.8. The predicted molar refractivity (Wildman–Crippen MR) is 101 cm³/mol. The summed E-state index contributed by atoms with van der Waals surface area (Å²) in [6, 6.07) is 7.78. The van der Waals surface area contributed by atoms with E-state index in [0.29, 0.717) is 0 Å². The number of nitrogens with one attached hydrogen (secondary N) is 1. The van der Waals surface area contributed by atoms with Crippen LogP contribution < -0.4 is 5.32 Å². The van der Waals surface area contributed by atoms with Gasteiger partial charge in [0.15, 0.2) is 0 Å². The molecule has 0 aliphatic rings. The number of hydrogen-bond donors (Lipinski definition) is 1. The normalized spacial score (nSPS) is 12.2. The minimum Gasteiger partial charge on any atom is -0.322 e. The summed E-state index contributed by atoms with van der Waals surface area (Å²) in [5.41, 5.74) is -1.07. The number of halogens is 4. The summed E-state index contributed by atoms with van der Waals surface area (Å²) in [4.78, 5) is 12.1. The third-order valence-electron chi connectivity index (χ3n) is 3.96. The molecule has 0 unspecified atom stereocenters. The number of amides is 1. The van der Waals surface area contributed by atoms with Gasteiger partial charge < -0.3 is 5.32 Å².